The Kier molecular flexibility index (Phi) is 3.88. The second kappa shape index (κ2) is 4.95. The van der Waals surface area contributed by atoms with Crippen LogP contribution in [0, 0.1) is 0 Å². The van der Waals surface area contributed by atoms with Crippen LogP contribution in [0.5, 0.6) is 0 Å². The lowest BCUT2D eigenvalue weighted by atomic mass is 10.4. The maximum atomic E-state index is 11.2. The summed E-state index contributed by atoms with van der Waals surface area (Å²) in [7, 11) is 0. The number of hydrogen-bond donors (Lipinski definition) is 0. The lowest BCUT2D eigenvalue weighted by Gasteiger charge is -2.25. The normalized spacial score (nSPS) is 17.4. The third-order valence-electron chi connectivity index (χ3n) is 1.77. The van der Waals surface area contributed by atoms with E-state index in [1.807, 2.05) is 0 Å². The maximum Gasteiger partial charge on any atom is 0.325 e. The maximum absolute atomic E-state index is 11.2. The first-order valence-electron chi connectivity index (χ1n) is 4.64. The zero-order chi connectivity index (χ0) is 10.6. The van der Waals surface area contributed by atoms with E-state index in [0.717, 1.165) is 0 Å². The summed E-state index contributed by atoms with van der Waals surface area (Å²) in [5.41, 5.74) is 0. The smallest absolute Gasteiger partial charge is 0.325 e. The lowest BCUT2D eigenvalue weighted by molar-refractivity contribution is -0.156. The predicted molar refractivity (Wildman–Crippen MR) is 48.6 cm³/mol. The third kappa shape index (κ3) is 3.33. The van der Waals surface area contributed by atoms with E-state index in [0.29, 0.717) is 13.2 Å². The fraction of sp³-hybridized carbons (Fsp3) is 0.778. The van der Waals surface area contributed by atoms with Gasteiger partial charge in [-0.25, -0.2) is 0 Å². The summed E-state index contributed by atoms with van der Waals surface area (Å²) in [6, 6.07) is 0. The van der Waals surface area contributed by atoms with Crippen LogP contribution in [0.25, 0.3) is 0 Å². The largest absolute Gasteiger partial charge is 0.462 e. The van der Waals surface area contributed by atoms with Crippen LogP contribution in [-0.4, -0.2) is 49.2 Å². The van der Waals surface area contributed by atoms with Crippen molar-refractivity contribution in [2.45, 2.75) is 20.0 Å². The number of morpholine rings is 1. The molecular formula is C9H15NO4. The number of carbonyl (C=O) groups is 2. The molecule has 5 heteroatoms. The minimum absolute atomic E-state index is 0.0281. The number of nitrogens with zero attached hydrogens (tertiary/aromatic N) is 1. The van der Waals surface area contributed by atoms with Gasteiger partial charge in [0, 0.05) is 6.54 Å². The van der Waals surface area contributed by atoms with Gasteiger partial charge in [-0.15, -0.1) is 0 Å². The summed E-state index contributed by atoms with van der Waals surface area (Å²) in [6.45, 7) is 4.60. The molecule has 0 N–H and O–H groups in total. The Balaban J connectivity index is 2.34. The van der Waals surface area contributed by atoms with Gasteiger partial charge in [-0.2, -0.15) is 0 Å². The van der Waals surface area contributed by atoms with E-state index in [1.54, 1.807) is 13.8 Å². The molecule has 14 heavy (non-hydrogen) atoms. The average Bonchev–Trinajstić information content (AvgIpc) is 2.07. The van der Waals surface area contributed by atoms with Crippen molar-refractivity contribution in [3.63, 3.8) is 0 Å². The van der Waals surface area contributed by atoms with Gasteiger partial charge in [0.2, 0.25) is 5.91 Å². The van der Waals surface area contributed by atoms with E-state index in [9.17, 15) is 9.59 Å². The van der Waals surface area contributed by atoms with Crippen molar-refractivity contribution in [3.8, 4) is 0 Å². The van der Waals surface area contributed by atoms with Gasteiger partial charge in [0.1, 0.15) is 13.2 Å². The Bertz CT molecular complexity index is 227. The standard InChI is InChI=1S/C9H15NO4/c1-7(2)14-9(12)5-10-3-4-13-6-8(10)11/h7H,3-6H2,1-2H3. The number of carbonyl (C=O) groups excluding carboxylic acids is 2. The molecule has 0 atom stereocenters. The van der Waals surface area contributed by atoms with Gasteiger partial charge >= 0.3 is 5.97 Å². The molecule has 1 saturated heterocycles. The molecule has 0 aliphatic carbocycles. The van der Waals surface area contributed by atoms with Crippen molar-refractivity contribution in [2.24, 2.45) is 0 Å². The van der Waals surface area contributed by atoms with Gasteiger partial charge in [-0.05, 0) is 13.8 Å². The molecule has 1 heterocycles. The van der Waals surface area contributed by atoms with Crippen LogP contribution in [0.15, 0.2) is 0 Å². The zero-order valence-corrected chi connectivity index (χ0v) is 8.49. The summed E-state index contributed by atoms with van der Waals surface area (Å²) >= 11 is 0. The fourth-order valence-corrected chi connectivity index (χ4v) is 1.17. The van der Waals surface area contributed by atoms with Crippen molar-refractivity contribution < 1.29 is 19.1 Å². The van der Waals surface area contributed by atoms with Crippen LogP contribution < -0.4 is 0 Å². The van der Waals surface area contributed by atoms with Crippen LogP contribution in [-0.2, 0) is 19.1 Å². The topological polar surface area (TPSA) is 55.8 Å². The van der Waals surface area contributed by atoms with Crippen LogP contribution >= 0.6 is 0 Å². The highest BCUT2D eigenvalue weighted by Crippen LogP contribution is 2.00. The Morgan fingerprint density at radius 3 is 2.93 bits per heavy atom. The SMILES string of the molecule is CC(C)OC(=O)CN1CCOCC1=O. The molecular weight excluding hydrogens is 186 g/mol. The number of rotatable bonds is 3. The second-order valence-corrected chi connectivity index (χ2v) is 3.41. The third-order valence-corrected chi connectivity index (χ3v) is 1.77. The minimum atomic E-state index is -0.366. The molecule has 0 saturated carbocycles. The predicted octanol–water partition coefficient (Wildman–Crippen LogP) is -0.203. The fourth-order valence-electron chi connectivity index (χ4n) is 1.17. The van der Waals surface area contributed by atoms with Gasteiger partial charge in [-0.3, -0.25) is 9.59 Å². The lowest BCUT2D eigenvalue weighted by Crippen LogP contribution is -2.44. The van der Waals surface area contributed by atoms with Gasteiger partial charge < -0.3 is 14.4 Å². The Labute approximate surface area is 83.0 Å². The van der Waals surface area contributed by atoms with E-state index >= 15 is 0 Å². The van der Waals surface area contributed by atoms with Crippen molar-refractivity contribution in [1.82, 2.24) is 4.90 Å². The monoisotopic (exact) mass is 201 g/mol. The highest BCUT2D eigenvalue weighted by atomic mass is 16.5. The number of hydrogen-bond acceptors (Lipinski definition) is 4. The molecule has 1 rings (SSSR count). The van der Waals surface area contributed by atoms with Crippen LogP contribution in [0.3, 0.4) is 0 Å². The Morgan fingerprint density at radius 1 is 1.64 bits per heavy atom. The van der Waals surface area contributed by atoms with Crippen molar-refractivity contribution in [1.29, 1.82) is 0 Å². The molecule has 0 spiro atoms. The number of ether oxygens (including phenoxy) is 2. The first-order valence-corrected chi connectivity index (χ1v) is 4.64. The van der Waals surface area contributed by atoms with Gasteiger partial charge in [0.15, 0.2) is 0 Å². The van der Waals surface area contributed by atoms with Crippen molar-refractivity contribution >= 4 is 11.9 Å². The van der Waals surface area contributed by atoms with E-state index < -0.39 is 0 Å². The Morgan fingerprint density at radius 2 is 2.36 bits per heavy atom. The minimum Gasteiger partial charge on any atom is -0.462 e. The summed E-state index contributed by atoms with van der Waals surface area (Å²) in [4.78, 5) is 23.9. The Hall–Kier alpha value is -1.10. The number of amides is 1. The molecule has 5 nitrogen and oxygen atoms in total. The molecule has 80 valence electrons. The molecule has 0 unspecified atom stereocenters. The molecule has 0 radical (unpaired) electrons. The highest BCUT2D eigenvalue weighted by molar-refractivity contribution is 5.83. The summed E-state index contributed by atoms with van der Waals surface area (Å²) < 4.78 is 9.86. The van der Waals surface area contributed by atoms with E-state index in [2.05, 4.69) is 0 Å². The van der Waals surface area contributed by atoms with Crippen LogP contribution in [0.2, 0.25) is 0 Å². The van der Waals surface area contributed by atoms with Crippen molar-refractivity contribution in [3.05, 3.63) is 0 Å². The average molecular weight is 201 g/mol. The molecule has 1 aliphatic heterocycles. The number of esters is 1. The first-order chi connectivity index (χ1) is 6.59. The van der Waals surface area contributed by atoms with Gasteiger partial charge in [0.25, 0.3) is 0 Å². The highest BCUT2D eigenvalue weighted by Gasteiger charge is 2.21. The molecule has 0 aromatic carbocycles. The first kappa shape index (κ1) is 11.0. The molecule has 0 bridgehead atoms. The van der Waals surface area contributed by atoms with Crippen LogP contribution in [0.4, 0.5) is 0 Å². The quantitative estimate of drug-likeness (QED) is 0.593. The van der Waals surface area contributed by atoms with Gasteiger partial charge in [0.05, 0.1) is 12.7 Å². The molecule has 0 aromatic heterocycles. The van der Waals surface area contributed by atoms with E-state index in [1.165, 1.54) is 4.90 Å². The van der Waals surface area contributed by atoms with E-state index in [4.69, 9.17) is 9.47 Å². The van der Waals surface area contributed by atoms with Gasteiger partial charge in [-0.1, -0.05) is 0 Å². The molecule has 1 fully saturated rings. The summed E-state index contributed by atoms with van der Waals surface area (Å²) in [5, 5.41) is 0. The summed E-state index contributed by atoms with van der Waals surface area (Å²) in [6.07, 6.45) is -0.140. The summed E-state index contributed by atoms with van der Waals surface area (Å²) in [5.74, 6) is -0.521. The van der Waals surface area contributed by atoms with Crippen LogP contribution in [0.1, 0.15) is 13.8 Å². The van der Waals surface area contributed by atoms with E-state index in [-0.39, 0.29) is 31.1 Å². The molecule has 1 aliphatic rings. The zero-order valence-electron chi connectivity index (χ0n) is 8.49. The molecule has 1 amide bonds. The van der Waals surface area contributed by atoms with Crippen molar-refractivity contribution in [2.75, 3.05) is 26.3 Å². The molecule has 0 aromatic rings. The second-order valence-electron chi connectivity index (χ2n) is 3.41.